The zero-order valence-corrected chi connectivity index (χ0v) is 19.7. The van der Waals surface area contributed by atoms with E-state index in [9.17, 15) is 0 Å². The maximum atomic E-state index is 6.63. The van der Waals surface area contributed by atoms with E-state index in [1.165, 1.54) is 26.7 Å². The second kappa shape index (κ2) is 6.35. The van der Waals surface area contributed by atoms with Crippen LogP contribution in [-0.4, -0.2) is 30.5 Å². The Hall–Kier alpha value is -2.29. The SMILES string of the molecule is COc1ccc(N2COc3c(ccc4cc5c(cc34)[Si](C)(C)O[Si]5(C)C)C2)cc1. The van der Waals surface area contributed by atoms with Gasteiger partial charge in [-0.25, -0.2) is 0 Å². The summed E-state index contributed by atoms with van der Waals surface area (Å²) in [6.07, 6.45) is 0. The van der Waals surface area contributed by atoms with Crippen LogP contribution in [-0.2, 0) is 10.7 Å². The van der Waals surface area contributed by atoms with Gasteiger partial charge in [-0.2, -0.15) is 0 Å². The molecule has 0 spiro atoms. The molecule has 3 aromatic carbocycles. The topological polar surface area (TPSA) is 30.9 Å². The van der Waals surface area contributed by atoms with Crippen molar-refractivity contribution in [2.75, 3.05) is 18.7 Å². The van der Waals surface area contributed by atoms with Gasteiger partial charge < -0.3 is 18.5 Å². The molecule has 0 amide bonds. The molecule has 0 N–H and O–H groups in total. The first-order valence-corrected chi connectivity index (χ1v) is 15.9. The van der Waals surface area contributed by atoms with Gasteiger partial charge in [-0.05, 0) is 72.3 Å². The third-order valence-electron chi connectivity index (χ3n) is 6.16. The zero-order chi connectivity index (χ0) is 20.4. The molecule has 150 valence electrons. The maximum absolute atomic E-state index is 6.63. The highest BCUT2D eigenvalue weighted by molar-refractivity contribution is 7.06. The monoisotopic (exact) mass is 421 g/mol. The standard InChI is InChI=1S/C23H27NO3Si2/c1-25-19-10-8-18(9-11-19)24-14-17-7-6-16-12-21-22(13-20(16)23(17)26-15-24)29(4,5)27-28(21,2)3/h6-13H,14-15H2,1-5H3. The summed E-state index contributed by atoms with van der Waals surface area (Å²) in [5.74, 6) is 1.90. The Balaban J connectivity index is 1.55. The predicted molar refractivity (Wildman–Crippen MR) is 124 cm³/mol. The second-order valence-electron chi connectivity index (χ2n) is 8.96. The van der Waals surface area contributed by atoms with Crippen LogP contribution in [0.5, 0.6) is 11.5 Å². The van der Waals surface area contributed by atoms with Crippen molar-refractivity contribution in [2.45, 2.75) is 32.7 Å². The smallest absolute Gasteiger partial charge is 0.206 e. The average molecular weight is 422 g/mol. The van der Waals surface area contributed by atoms with Crippen LogP contribution in [0.15, 0.2) is 48.5 Å². The van der Waals surface area contributed by atoms with Crippen molar-refractivity contribution in [3.63, 3.8) is 0 Å². The van der Waals surface area contributed by atoms with Crippen LogP contribution < -0.4 is 24.7 Å². The minimum atomic E-state index is -1.85. The first-order chi connectivity index (χ1) is 13.8. The van der Waals surface area contributed by atoms with E-state index in [1.54, 1.807) is 7.11 Å². The lowest BCUT2D eigenvalue weighted by Gasteiger charge is -2.31. The van der Waals surface area contributed by atoms with Crippen molar-refractivity contribution in [3.05, 3.63) is 54.1 Å². The average Bonchev–Trinajstić information content (AvgIpc) is 2.89. The van der Waals surface area contributed by atoms with Crippen LogP contribution in [0, 0.1) is 0 Å². The summed E-state index contributed by atoms with van der Waals surface area (Å²) >= 11 is 0. The Bertz CT molecular complexity index is 1110. The van der Waals surface area contributed by atoms with Gasteiger partial charge in [-0.1, -0.05) is 18.2 Å². The lowest BCUT2D eigenvalue weighted by molar-refractivity contribution is 0.293. The molecule has 0 saturated heterocycles. The number of fused-ring (bicyclic) bond motifs is 4. The fourth-order valence-electron chi connectivity index (χ4n) is 4.78. The van der Waals surface area contributed by atoms with Crippen molar-refractivity contribution in [1.29, 1.82) is 0 Å². The minimum absolute atomic E-state index is 0.549. The molecule has 0 saturated carbocycles. The summed E-state index contributed by atoms with van der Waals surface area (Å²) in [5.41, 5.74) is 2.37. The van der Waals surface area contributed by atoms with E-state index in [2.05, 4.69) is 67.5 Å². The van der Waals surface area contributed by atoms with E-state index >= 15 is 0 Å². The van der Waals surface area contributed by atoms with Gasteiger partial charge in [0.1, 0.15) is 11.5 Å². The molecule has 0 unspecified atom stereocenters. The highest BCUT2D eigenvalue weighted by atomic mass is 28.4. The van der Waals surface area contributed by atoms with Gasteiger partial charge in [0.15, 0.2) is 6.73 Å². The molecule has 3 aromatic rings. The van der Waals surface area contributed by atoms with Gasteiger partial charge in [0.2, 0.25) is 16.6 Å². The van der Waals surface area contributed by atoms with Gasteiger partial charge in [0.25, 0.3) is 0 Å². The summed E-state index contributed by atoms with van der Waals surface area (Å²) in [5, 5.41) is 5.41. The molecule has 0 aromatic heterocycles. The molecule has 0 fully saturated rings. The number of anilines is 1. The number of rotatable bonds is 2. The molecule has 29 heavy (non-hydrogen) atoms. The lowest BCUT2D eigenvalue weighted by atomic mass is 10.0. The lowest BCUT2D eigenvalue weighted by Crippen LogP contribution is -2.44. The molecule has 0 aliphatic carbocycles. The Morgan fingerprint density at radius 2 is 1.59 bits per heavy atom. The largest absolute Gasteiger partial charge is 0.497 e. The van der Waals surface area contributed by atoms with E-state index < -0.39 is 16.6 Å². The second-order valence-corrected chi connectivity index (χ2v) is 16.9. The van der Waals surface area contributed by atoms with Crippen LogP contribution >= 0.6 is 0 Å². The Morgan fingerprint density at radius 1 is 0.897 bits per heavy atom. The molecule has 4 nitrogen and oxygen atoms in total. The highest BCUT2D eigenvalue weighted by Crippen LogP contribution is 2.36. The molecular weight excluding hydrogens is 394 g/mol. The quantitative estimate of drug-likeness (QED) is 0.584. The van der Waals surface area contributed by atoms with Crippen molar-refractivity contribution in [1.82, 2.24) is 0 Å². The van der Waals surface area contributed by atoms with E-state index in [0.29, 0.717) is 6.73 Å². The number of methoxy groups -OCH3 is 1. The molecule has 2 heterocycles. The van der Waals surface area contributed by atoms with Crippen LogP contribution in [0.3, 0.4) is 0 Å². The van der Waals surface area contributed by atoms with E-state index in [-0.39, 0.29) is 0 Å². The molecule has 0 radical (unpaired) electrons. The third-order valence-corrected chi connectivity index (χ3v) is 13.9. The molecular formula is C23H27NO3Si2. The van der Waals surface area contributed by atoms with Gasteiger partial charge in [0.05, 0.1) is 7.11 Å². The molecule has 0 atom stereocenters. The highest BCUT2D eigenvalue weighted by Gasteiger charge is 2.46. The molecule has 0 bridgehead atoms. The number of ether oxygens (including phenoxy) is 2. The van der Waals surface area contributed by atoms with Crippen LogP contribution in [0.2, 0.25) is 26.2 Å². The fourth-order valence-corrected chi connectivity index (χ4v) is 15.0. The first-order valence-electron chi connectivity index (χ1n) is 10.1. The molecule has 2 aliphatic rings. The summed E-state index contributed by atoms with van der Waals surface area (Å²) in [6.45, 7) is 10.7. The summed E-state index contributed by atoms with van der Waals surface area (Å²) in [4.78, 5) is 2.25. The molecule has 5 rings (SSSR count). The van der Waals surface area contributed by atoms with Gasteiger partial charge in [0, 0.05) is 23.2 Å². The third kappa shape index (κ3) is 2.98. The minimum Gasteiger partial charge on any atom is -0.497 e. The zero-order valence-electron chi connectivity index (χ0n) is 17.7. The molecule has 6 heteroatoms. The predicted octanol–water partition coefficient (Wildman–Crippen LogP) is 4.06. The Kier molecular flexibility index (Phi) is 4.10. The van der Waals surface area contributed by atoms with Gasteiger partial charge in [-0.15, -0.1) is 0 Å². The Morgan fingerprint density at radius 3 is 2.28 bits per heavy atom. The Labute approximate surface area is 174 Å². The van der Waals surface area contributed by atoms with Crippen molar-refractivity contribution in [2.24, 2.45) is 0 Å². The maximum Gasteiger partial charge on any atom is 0.206 e. The van der Waals surface area contributed by atoms with Crippen LogP contribution in [0.25, 0.3) is 10.8 Å². The summed E-state index contributed by atoms with van der Waals surface area (Å²) < 4.78 is 18.2. The number of benzene rings is 3. The molecule has 2 aliphatic heterocycles. The summed E-state index contributed by atoms with van der Waals surface area (Å²) in [6, 6.07) is 17.4. The van der Waals surface area contributed by atoms with E-state index in [4.69, 9.17) is 13.6 Å². The van der Waals surface area contributed by atoms with Crippen molar-refractivity contribution < 1.29 is 13.6 Å². The van der Waals surface area contributed by atoms with Crippen molar-refractivity contribution in [3.8, 4) is 11.5 Å². The van der Waals surface area contributed by atoms with Crippen LogP contribution in [0.4, 0.5) is 5.69 Å². The summed E-state index contributed by atoms with van der Waals surface area (Å²) in [7, 11) is -1.97. The number of nitrogens with zero attached hydrogens (tertiary/aromatic N) is 1. The van der Waals surface area contributed by atoms with Crippen LogP contribution in [0.1, 0.15) is 5.56 Å². The first kappa shape index (κ1) is 18.7. The number of hydrogen-bond donors (Lipinski definition) is 0. The van der Waals surface area contributed by atoms with Gasteiger partial charge in [-0.3, -0.25) is 0 Å². The van der Waals surface area contributed by atoms with E-state index in [0.717, 1.165) is 23.7 Å². The fraction of sp³-hybridized carbons (Fsp3) is 0.304. The number of hydrogen-bond acceptors (Lipinski definition) is 4. The van der Waals surface area contributed by atoms with E-state index in [1.807, 2.05) is 12.1 Å². The van der Waals surface area contributed by atoms with Crippen molar-refractivity contribution >= 4 is 43.5 Å². The normalized spacial score (nSPS) is 18.9. The van der Waals surface area contributed by atoms with Gasteiger partial charge >= 0.3 is 0 Å².